The Morgan fingerprint density at radius 1 is 1.30 bits per heavy atom. The molecular formula is C21H29Cl2N5O2. The van der Waals surface area contributed by atoms with Crippen LogP contribution in [-0.2, 0) is 16.1 Å². The standard InChI is InChI=1S/C21H29Cl2N5O2/c1-4-14(2)20(27-13-16-5-6-17(22)18(23)11-16)28-21(29)19(15(3)12-25)26-8-10-30-9-7-24/h5-7,11-12,24,27H,4,8-10,13,25H2,1-3H3,(H,28,29)/b15-12-,20-14?,24-7?,26-19?. The molecule has 5 N–H and O–H groups in total. The van der Waals surface area contributed by atoms with Crippen molar-refractivity contribution < 1.29 is 9.53 Å². The number of amides is 1. The first-order valence-electron chi connectivity index (χ1n) is 9.52. The van der Waals surface area contributed by atoms with Gasteiger partial charge in [0.1, 0.15) is 11.5 Å². The zero-order chi connectivity index (χ0) is 22.5. The first kappa shape index (κ1) is 25.7. The molecular weight excluding hydrogens is 425 g/mol. The molecule has 0 aromatic heterocycles. The molecule has 1 aromatic rings. The highest BCUT2D eigenvalue weighted by Gasteiger charge is 2.16. The zero-order valence-electron chi connectivity index (χ0n) is 17.5. The molecule has 30 heavy (non-hydrogen) atoms. The lowest BCUT2D eigenvalue weighted by molar-refractivity contribution is -0.114. The summed E-state index contributed by atoms with van der Waals surface area (Å²) in [4.78, 5) is 17.2. The van der Waals surface area contributed by atoms with Crippen molar-refractivity contribution in [2.24, 2.45) is 10.7 Å². The largest absolute Gasteiger partial charge is 0.404 e. The molecule has 0 heterocycles. The lowest BCUT2D eigenvalue weighted by atomic mass is 10.1. The molecule has 0 unspecified atom stereocenters. The van der Waals surface area contributed by atoms with Gasteiger partial charge in [-0.3, -0.25) is 9.79 Å². The number of ether oxygens (including phenoxy) is 1. The van der Waals surface area contributed by atoms with Crippen LogP contribution >= 0.6 is 23.2 Å². The van der Waals surface area contributed by atoms with Gasteiger partial charge in [0, 0.05) is 12.8 Å². The summed E-state index contributed by atoms with van der Waals surface area (Å²) < 4.78 is 5.19. The van der Waals surface area contributed by atoms with Gasteiger partial charge in [-0.25, -0.2) is 0 Å². The number of carbonyl (C=O) groups is 1. The van der Waals surface area contributed by atoms with E-state index in [0.29, 0.717) is 34.6 Å². The monoisotopic (exact) mass is 453 g/mol. The predicted octanol–water partition coefficient (Wildman–Crippen LogP) is 3.81. The number of benzene rings is 1. The van der Waals surface area contributed by atoms with E-state index in [1.165, 1.54) is 6.20 Å². The molecule has 0 atom stereocenters. The van der Waals surface area contributed by atoms with Gasteiger partial charge in [-0.05, 0) is 55.3 Å². The maximum absolute atomic E-state index is 12.9. The van der Waals surface area contributed by atoms with E-state index in [0.717, 1.165) is 23.8 Å². The van der Waals surface area contributed by atoms with Gasteiger partial charge in [-0.15, -0.1) is 0 Å². The molecule has 0 saturated carbocycles. The molecule has 1 amide bonds. The minimum absolute atomic E-state index is 0.212. The van der Waals surface area contributed by atoms with Crippen molar-refractivity contribution in [3.8, 4) is 0 Å². The highest BCUT2D eigenvalue weighted by molar-refractivity contribution is 6.45. The van der Waals surface area contributed by atoms with E-state index in [-0.39, 0.29) is 24.8 Å². The number of carbonyl (C=O) groups excluding carboxylic acids is 1. The first-order chi connectivity index (χ1) is 14.3. The van der Waals surface area contributed by atoms with Crippen molar-refractivity contribution in [2.75, 3.05) is 19.8 Å². The lowest BCUT2D eigenvalue weighted by Crippen LogP contribution is -2.37. The molecule has 0 aliphatic heterocycles. The highest BCUT2D eigenvalue weighted by atomic mass is 35.5. The minimum atomic E-state index is -0.370. The van der Waals surface area contributed by atoms with E-state index < -0.39 is 0 Å². The van der Waals surface area contributed by atoms with Crippen LogP contribution in [0.5, 0.6) is 0 Å². The Kier molecular flexibility index (Phi) is 11.8. The summed E-state index contributed by atoms with van der Waals surface area (Å²) in [6.45, 7) is 6.91. The molecule has 7 nitrogen and oxygen atoms in total. The van der Waals surface area contributed by atoms with Crippen LogP contribution in [0.4, 0.5) is 0 Å². The Hall–Kier alpha value is -2.35. The molecule has 164 valence electrons. The van der Waals surface area contributed by atoms with Gasteiger partial charge in [0.05, 0.1) is 29.8 Å². The van der Waals surface area contributed by atoms with Gasteiger partial charge in [0.2, 0.25) is 0 Å². The van der Waals surface area contributed by atoms with E-state index in [2.05, 4.69) is 15.6 Å². The van der Waals surface area contributed by atoms with Crippen molar-refractivity contribution in [1.29, 1.82) is 5.41 Å². The third-order valence-corrected chi connectivity index (χ3v) is 4.93. The van der Waals surface area contributed by atoms with Gasteiger partial charge < -0.3 is 26.5 Å². The van der Waals surface area contributed by atoms with Crippen LogP contribution in [0, 0.1) is 5.41 Å². The number of nitrogens with zero attached hydrogens (tertiary/aromatic N) is 1. The molecule has 1 aromatic carbocycles. The lowest BCUT2D eigenvalue weighted by Gasteiger charge is -2.17. The zero-order valence-corrected chi connectivity index (χ0v) is 19.0. The number of nitrogens with two attached hydrogens (primary N) is 1. The number of allylic oxidation sites excluding steroid dienone is 1. The van der Waals surface area contributed by atoms with Crippen LogP contribution in [0.3, 0.4) is 0 Å². The van der Waals surface area contributed by atoms with Gasteiger partial charge in [0.25, 0.3) is 5.91 Å². The number of aliphatic imine (C=N–C) groups is 1. The Morgan fingerprint density at radius 2 is 2.03 bits per heavy atom. The number of hydrogen-bond donors (Lipinski definition) is 4. The second-order valence-corrected chi connectivity index (χ2v) is 7.24. The summed E-state index contributed by atoms with van der Waals surface area (Å²) in [5.41, 5.74) is 8.29. The van der Waals surface area contributed by atoms with Crippen molar-refractivity contribution in [3.63, 3.8) is 0 Å². The second-order valence-electron chi connectivity index (χ2n) is 6.42. The number of nitrogens with one attached hydrogen (secondary N) is 3. The fourth-order valence-corrected chi connectivity index (χ4v) is 2.63. The molecule has 0 saturated heterocycles. The first-order valence-corrected chi connectivity index (χ1v) is 10.3. The molecule has 1 rings (SSSR count). The van der Waals surface area contributed by atoms with Gasteiger partial charge in [-0.1, -0.05) is 36.2 Å². The maximum atomic E-state index is 12.9. The van der Waals surface area contributed by atoms with Crippen molar-refractivity contribution in [1.82, 2.24) is 10.6 Å². The van der Waals surface area contributed by atoms with Crippen LogP contribution in [0.15, 0.2) is 46.4 Å². The molecule has 0 spiro atoms. The summed E-state index contributed by atoms with van der Waals surface area (Å²) in [6.07, 6.45) is 3.25. The molecule has 0 aliphatic rings. The highest BCUT2D eigenvalue weighted by Crippen LogP contribution is 2.22. The fourth-order valence-electron chi connectivity index (χ4n) is 2.31. The normalized spacial score (nSPS) is 13.0. The topological polar surface area (TPSA) is 113 Å². The van der Waals surface area contributed by atoms with E-state index in [1.54, 1.807) is 19.1 Å². The van der Waals surface area contributed by atoms with E-state index in [9.17, 15) is 4.79 Å². The van der Waals surface area contributed by atoms with Crippen LogP contribution in [0.25, 0.3) is 0 Å². The second kappa shape index (κ2) is 13.8. The van der Waals surface area contributed by atoms with E-state index in [1.807, 2.05) is 19.9 Å². The summed E-state index contributed by atoms with van der Waals surface area (Å²) in [5.74, 6) is 0.233. The fraction of sp³-hybridized carbons (Fsp3) is 0.381. The average molecular weight is 454 g/mol. The maximum Gasteiger partial charge on any atom is 0.275 e. The molecule has 0 bridgehead atoms. The van der Waals surface area contributed by atoms with Crippen LogP contribution in [-0.4, -0.2) is 37.6 Å². The SMILES string of the molecule is CCC(C)=C(NCc1ccc(Cl)c(Cl)c1)NC(=O)C(=NCCOCC=N)/C(C)=C\N. The predicted molar refractivity (Wildman–Crippen MR) is 124 cm³/mol. The van der Waals surface area contributed by atoms with Crippen molar-refractivity contribution >= 4 is 41.0 Å². The van der Waals surface area contributed by atoms with Crippen LogP contribution in [0.2, 0.25) is 10.0 Å². The summed E-state index contributed by atoms with van der Waals surface area (Å²) in [7, 11) is 0. The number of rotatable bonds is 12. The average Bonchev–Trinajstić information content (AvgIpc) is 2.74. The Morgan fingerprint density at radius 3 is 2.63 bits per heavy atom. The van der Waals surface area contributed by atoms with E-state index >= 15 is 0 Å². The Balaban J connectivity index is 2.92. The van der Waals surface area contributed by atoms with Gasteiger partial charge >= 0.3 is 0 Å². The van der Waals surface area contributed by atoms with Crippen molar-refractivity contribution in [2.45, 2.75) is 33.7 Å². The molecule has 0 fully saturated rings. The minimum Gasteiger partial charge on any atom is -0.404 e. The van der Waals surface area contributed by atoms with Crippen LogP contribution < -0.4 is 16.4 Å². The quantitative estimate of drug-likeness (QED) is 0.284. The number of hydrogen-bond acceptors (Lipinski definition) is 6. The van der Waals surface area contributed by atoms with Crippen molar-refractivity contribution in [3.05, 3.63) is 57.0 Å². The van der Waals surface area contributed by atoms with E-state index in [4.69, 9.17) is 39.1 Å². The Bertz CT molecular complexity index is 835. The van der Waals surface area contributed by atoms with Gasteiger partial charge in [0.15, 0.2) is 0 Å². The third kappa shape index (κ3) is 8.57. The summed E-state index contributed by atoms with van der Waals surface area (Å²) in [6, 6.07) is 5.38. The molecule has 0 radical (unpaired) electrons. The molecule has 0 aliphatic carbocycles. The Labute approximate surface area is 187 Å². The number of halogens is 2. The summed E-state index contributed by atoms with van der Waals surface area (Å²) >= 11 is 12.0. The molecule has 9 heteroatoms. The van der Waals surface area contributed by atoms with Gasteiger partial charge in [-0.2, -0.15) is 0 Å². The summed E-state index contributed by atoms with van der Waals surface area (Å²) in [5, 5.41) is 14.1. The van der Waals surface area contributed by atoms with Crippen LogP contribution in [0.1, 0.15) is 32.8 Å². The third-order valence-electron chi connectivity index (χ3n) is 4.19. The smallest absolute Gasteiger partial charge is 0.275 e.